The summed E-state index contributed by atoms with van der Waals surface area (Å²) < 4.78 is 0. The molecule has 0 aromatic heterocycles. The Hall–Kier alpha value is -3.30. The summed E-state index contributed by atoms with van der Waals surface area (Å²) >= 11 is 0. The maximum atomic E-state index is 9.72. The van der Waals surface area contributed by atoms with E-state index in [9.17, 15) is 5.21 Å². The summed E-state index contributed by atoms with van der Waals surface area (Å²) in [5, 5.41) is 14.2. The molecule has 1 aliphatic carbocycles. The molecule has 0 radical (unpaired) electrons. The first kappa shape index (κ1) is 30.7. The molecule has 1 aliphatic rings. The Bertz CT molecular complexity index is 902. The number of allylic oxidation sites excluding steroid dienone is 16. The first-order chi connectivity index (χ1) is 16.3. The van der Waals surface area contributed by atoms with Crippen molar-refractivity contribution >= 4 is 0 Å². The van der Waals surface area contributed by atoms with Crippen molar-refractivity contribution in [1.82, 2.24) is 10.4 Å². The van der Waals surface area contributed by atoms with Crippen LogP contribution in [-0.4, -0.2) is 22.9 Å². The van der Waals surface area contributed by atoms with Crippen LogP contribution in [0.4, 0.5) is 0 Å². The molecule has 2 N–H and O–H groups in total. The molecule has 0 aromatic carbocycles. The summed E-state index contributed by atoms with van der Waals surface area (Å²) in [7, 11) is 0. The van der Waals surface area contributed by atoms with E-state index in [4.69, 9.17) is 0 Å². The SMILES string of the molecule is C=C/C=C(\C=C/CN(O)/C=C/C=C(C)\C=C/C)C(/C)=C/C.C=CC(C)NC1=CC=C(C)C=CC1. The van der Waals surface area contributed by atoms with E-state index >= 15 is 0 Å². The average molecular weight is 461 g/mol. The van der Waals surface area contributed by atoms with E-state index in [0.29, 0.717) is 12.6 Å². The van der Waals surface area contributed by atoms with Gasteiger partial charge < -0.3 is 5.32 Å². The highest BCUT2D eigenvalue weighted by atomic mass is 16.5. The van der Waals surface area contributed by atoms with Crippen LogP contribution in [0.15, 0.2) is 132 Å². The van der Waals surface area contributed by atoms with Crippen LogP contribution in [-0.2, 0) is 0 Å². The van der Waals surface area contributed by atoms with Crippen molar-refractivity contribution < 1.29 is 5.21 Å². The Balaban J connectivity index is 0.000000712. The number of hydrogen-bond acceptors (Lipinski definition) is 3. The highest BCUT2D eigenvalue weighted by Gasteiger charge is 1.99. The number of rotatable bonds is 11. The van der Waals surface area contributed by atoms with Crippen LogP contribution < -0.4 is 5.32 Å². The fraction of sp³-hybridized carbons (Fsp3) is 0.290. The van der Waals surface area contributed by atoms with E-state index in [1.54, 1.807) is 12.3 Å². The summed E-state index contributed by atoms with van der Waals surface area (Å²) in [6, 6.07) is 0.339. The quantitative estimate of drug-likeness (QED) is 0.185. The number of nitrogens with one attached hydrogen (secondary N) is 1. The van der Waals surface area contributed by atoms with Crippen molar-refractivity contribution in [1.29, 1.82) is 0 Å². The van der Waals surface area contributed by atoms with Gasteiger partial charge in [0.25, 0.3) is 0 Å². The molecule has 0 bridgehead atoms. The molecular weight excluding hydrogens is 416 g/mol. The van der Waals surface area contributed by atoms with Crippen molar-refractivity contribution in [3.8, 4) is 0 Å². The molecule has 0 fully saturated rings. The lowest BCUT2D eigenvalue weighted by Gasteiger charge is -2.12. The molecule has 0 heterocycles. The van der Waals surface area contributed by atoms with Gasteiger partial charge in [0.05, 0.1) is 6.54 Å². The van der Waals surface area contributed by atoms with E-state index in [-0.39, 0.29) is 0 Å². The van der Waals surface area contributed by atoms with Crippen molar-refractivity contribution in [2.45, 2.75) is 54.0 Å². The molecular formula is C31H44N2O. The lowest BCUT2D eigenvalue weighted by Crippen LogP contribution is -2.22. The van der Waals surface area contributed by atoms with Gasteiger partial charge in [-0.25, -0.2) is 0 Å². The molecule has 0 saturated heterocycles. The predicted octanol–water partition coefficient (Wildman–Crippen LogP) is 8.29. The summed E-state index contributed by atoms with van der Waals surface area (Å²) in [6.45, 7) is 20.1. The van der Waals surface area contributed by atoms with Crippen LogP contribution in [0.2, 0.25) is 0 Å². The molecule has 3 nitrogen and oxygen atoms in total. The van der Waals surface area contributed by atoms with Crippen LogP contribution in [0, 0.1) is 0 Å². The zero-order valence-corrected chi connectivity index (χ0v) is 22.0. The third-order valence-electron chi connectivity index (χ3n) is 4.85. The van der Waals surface area contributed by atoms with Gasteiger partial charge in [0.15, 0.2) is 0 Å². The van der Waals surface area contributed by atoms with Crippen LogP contribution >= 0.6 is 0 Å². The van der Waals surface area contributed by atoms with Gasteiger partial charge in [0.2, 0.25) is 0 Å². The maximum absolute atomic E-state index is 9.72. The molecule has 1 atom stereocenters. The van der Waals surface area contributed by atoms with Crippen LogP contribution in [0.1, 0.15) is 48.0 Å². The Morgan fingerprint density at radius 1 is 1.18 bits per heavy atom. The fourth-order valence-corrected chi connectivity index (χ4v) is 2.76. The van der Waals surface area contributed by atoms with Gasteiger partial charge in [0, 0.05) is 24.4 Å². The second kappa shape index (κ2) is 19.2. The Morgan fingerprint density at radius 2 is 1.91 bits per heavy atom. The molecule has 1 unspecified atom stereocenters. The highest BCUT2D eigenvalue weighted by Crippen LogP contribution is 2.11. The standard InChI is InChI=1S/C19H27NO.C12H17N/c1-6-11-17(4)13-9-15-20(21)16-10-14-19(12-7-2)18(5)8-3;1-4-11(3)13-12-7-5-6-10(2)8-9-12/h6-15,21H,2,16H2,1,3-5H3;4-6,8-9,11,13H,1,7H2,2-3H3/b11-6-,14-10-,15-9+,17-13-,18-8+,19-12+;. The van der Waals surface area contributed by atoms with Crippen LogP contribution in [0.3, 0.4) is 0 Å². The normalized spacial score (nSPS) is 16.0. The molecule has 0 aliphatic heterocycles. The Morgan fingerprint density at radius 3 is 2.53 bits per heavy atom. The fourth-order valence-electron chi connectivity index (χ4n) is 2.76. The van der Waals surface area contributed by atoms with Crippen LogP contribution in [0.25, 0.3) is 0 Å². The van der Waals surface area contributed by atoms with E-state index in [1.165, 1.54) is 16.8 Å². The summed E-state index contributed by atoms with van der Waals surface area (Å²) in [5.74, 6) is 0. The first-order valence-corrected chi connectivity index (χ1v) is 11.8. The van der Waals surface area contributed by atoms with Gasteiger partial charge in [-0.05, 0) is 64.8 Å². The maximum Gasteiger partial charge on any atom is 0.0630 e. The van der Waals surface area contributed by atoms with Crippen molar-refractivity contribution in [2.75, 3.05) is 6.54 Å². The zero-order chi connectivity index (χ0) is 25.8. The lowest BCUT2D eigenvalue weighted by atomic mass is 10.1. The minimum atomic E-state index is 0.339. The van der Waals surface area contributed by atoms with Gasteiger partial charge in [-0.2, -0.15) is 0 Å². The highest BCUT2D eigenvalue weighted by molar-refractivity contribution is 5.40. The molecule has 0 aromatic rings. The minimum Gasteiger partial charge on any atom is -0.382 e. The largest absolute Gasteiger partial charge is 0.382 e. The Labute approximate surface area is 208 Å². The second-order valence-corrected chi connectivity index (χ2v) is 7.98. The van der Waals surface area contributed by atoms with Gasteiger partial charge in [0.1, 0.15) is 0 Å². The monoisotopic (exact) mass is 460 g/mol. The van der Waals surface area contributed by atoms with Crippen molar-refractivity contribution in [3.05, 3.63) is 132 Å². The van der Waals surface area contributed by atoms with Gasteiger partial charge in [-0.1, -0.05) is 90.6 Å². The van der Waals surface area contributed by atoms with Crippen molar-refractivity contribution in [2.24, 2.45) is 0 Å². The molecule has 3 heteroatoms. The molecule has 184 valence electrons. The topological polar surface area (TPSA) is 35.5 Å². The third kappa shape index (κ3) is 15.5. The number of nitrogens with zero attached hydrogens (tertiary/aromatic N) is 1. The Kier molecular flexibility index (Phi) is 17.3. The van der Waals surface area contributed by atoms with E-state index in [2.05, 4.69) is 56.6 Å². The summed E-state index contributed by atoms with van der Waals surface area (Å²) in [4.78, 5) is 0. The lowest BCUT2D eigenvalue weighted by molar-refractivity contribution is -0.0291. The minimum absolute atomic E-state index is 0.339. The van der Waals surface area contributed by atoms with Gasteiger partial charge in [-0.15, -0.1) is 6.58 Å². The van der Waals surface area contributed by atoms with E-state index in [0.717, 1.165) is 22.6 Å². The zero-order valence-electron chi connectivity index (χ0n) is 22.0. The number of hydroxylamine groups is 2. The van der Waals surface area contributed by atoms with Crippen LogP contribution in [0.5, 0.6) is 0 Å². The van der Waals surface area contributed by atoms with E-state index in [1.807, 2.05) is 82.4 Å². The molecule has 0 saturated carbocycles. The van der Waals surface area contributed by atoms with Gasteiger partial charge in [-0.3, -0.25) is 10.3 Å². The van der Waals surface area contributed by atoms with Crippen molar-refractivity contribution in [3.63, 3.8) is 0 Å². The second-order valence-electron chi connectivity index (χ2n) is 7.98. The van der Waals surface area contributed by atoms with E-state index < -0.39 is 0 Å². The molecule has 1 rings (SSSR count). The summed E-state index contributed by atoms with van der Waals surface area (Å²) in [5.41, 5.74) is 5.95. The number of hydrogen-bond donors (Lipinski definition) is 2. The predicted molar refractivity (Wildman–Crippen MR) is 151 cm³/mol. The third-order valence-corrected chi connectivity index (χ3v) is 4.85. The van der Waals surface area contributed by atoms with Gasteiger partial charge >= 0.3 is 0 Å². The molecule has 34 heavy (non-hydrogen) atoms. The smallest absolute Gasteiger partial charge is 0.0630 e. The average Bonchev–Trinajstić information content (AvgIpc) is 3.02. The molecule has 0 spiro atoms. The summed E-state index contributed by atoms with van der Waals surface area (Å²) in [6.07, 6.45) is 30.5. The first-order valence-electron chi connectivity index (χ1n) is 11.8. The molecule has 0 amide bonds.